The third kappa shape index (κ3) is 9.17. The summed E-state index contributed by atoms with van der Waals surface area (Å²) in [6, 6.07) is 35.5. The van der Waals surface area contributed by atoms with Crippen LogP contribution in [-0.2, 0) is 23.3 Å². The zero-order valence-electron chi connectivity index (χ0n) is 27.6. The summed E-state index contributed by atoms with van der Waals surface area (Å²) in [4.78, 5) is 0. The number of fused-ring (bicyclic) bond motifs is 2. The van der Waals surface area contributed by atoms with Gasteiger partial charge in [-0.1, -0.05) is 99.0 Å². The summed E-state index contributed by atoms with van der Waals surface area (Å²) in [5.41, 5.74) is 13.6. The molecule has 6 rings (SSSR count). The molecular formula is C40H46Cl2SiZr-4. The van der Waals surface area contributed by atoms with Gasteiger partial charge in [-0.05, 0) is 48.9 Å². The second kappa shape index (κ2) is 18.7. The van der Waals surface area contributed by atoms with E-state index in [9.17, 15) is 0 Å². The van der Waals surface area contributed by atoms with Crippen LogP contribution in [0, 0.1) is 49.5 Å². The van der Waals surface area contributed by atoms with E-state index in [1.165, 1.54) is 101 Å². The third-order valence-corrected chi connectivity index (χ3v) is 7.72. The number of hydrogen-bond donors (Lipinski definition) is 0. The number of rotatable bonds is 3. The second-order valence-electron chi connectivity index (χ2n) is 11.2. The average molecular weight is 717 g/mol. The van der Waals surface area contributed by atoms with Crippen molar-refractivity contribution in [2.75, 3.05) is 0 Å². The maximum atomic E-state index is 3.06. The molecule has 0 heterocycles. The van der Waals surface area contributed by atoms with E-state index in [0.29, 0.717) is 5.92 Å². The second-order valence-corrected chi connectivity index (χ2v) is 11.2. The molecule has 2 radical (unpaired) electrons. The summed E-state index contributed by atoms with van der Waals surface area (Å²) >= 11 is 1.36. The summed E-state index contributed by atoms with van der Waals surface area (Å²) in [7, 11) is 0. The fourth-order valence-electron chi connectivity index (χ4n) is 5.87. The third-order valence-electron chi connectivity index (χ3n) is 7.72. The number of aryl methyl sites for hydroxylation is 5. The van der Waals surface area contributed by atoms with Gasteiger partial charge in [0.1, 0.15) is 0 Å². The van der Waals surface area contributed by atoms with Crippen molar-refractivity contribution in [3.8, 4) is 22.3 Å². The Morgan fingerprint density at radius 2 is 1.23 bits per heavy atom. The monoisotopic (exact) mass is 714 g/mol. The molecule has 232 valence electrons. The summed E-state index contributed by atoms with van der Waals surface area (Å²) in [6.45, 7) is 18.5. The van der Waals surface area contributed by atoms with Crippen LogP contribution < -0.4 is 0 Å². The van der Waals surface area contributed by atoms with Crippen LogP contribution in [0.25, 0.3) is 43.8 Å². The van der Waals surface area contributed by atoms with Crippen LogP contribution in [0.1, 0.15) is 53.1 Å². The molecule has 0 bridgehead atoms. The van der Waals surface area contributed by atoms with Crippen LogP contribution in [0.4, 0.5) is 0 Å². The van der Waals surface area contributed by atoms with Crippen LogP contribution in [0.15, 0.2) is 97.1 Å². The van der Waals surface area contributed by atoms with E-state index in [-0.39, 0.29) is 39.7 Å². The number of hydrogen-bond acceptors (Lipinski definition) is 0. The van der Waals surface area contributed by atoms with Gasteiger partial charge in [0.25, 0.3) is 0 Å². The van der Waals surface area contributed by atoms with Gasteiger partial charge < -0.3 is 14.9 Å². The SMILES string of the molecule is Cc1cc(C)c(-c2cccc3[cH-]c(C(C)C)cc23)c(C)c1.Cc1cc2c(-c3ccccc3)ccc(C)c2[cH-]1.Cl.Cl.[CH3-].[CH3-].[Si]=[Zr]. The van der Waals surface area contributed by atoms with Crippen LogP contribution in [0.5, 0.6) is 0 Å². The fourth-order valence-corrected chi connectivity index (χ4v) is 5.87. The Kier molecular flexibility index (Phi) is 17.7. The molecule has 6 aromatic carbocycles. The molecule has 6 aromatic rings. The normalized spacial score (nSPS) is 9.80. The van der Waals surface area contributed by atoms with E-state index < -0.39 is 0 Å². The van der Waals surface area contributed by atoms with Crippen molar-refractivity contribution in [1.29, 1.82) is 0 Å². The van der Waals surface area contributed by atoms with Crippen molar-refractivity contribution in [1.82, 2.24) is 0 Å². The first-order valence-corrected chi connectivity index (χ1v) is 18.2. The topological polar surface area (TPSA) is 0 Å². The van der Waals surface area contributed by atoms with Gasteiger partial charge >= 0.3 is 30.2 Å². The van der Waals surface area contributed by atoms with Crippen molar-refractivity contribution in [3.05, 3.63) is 145 Å². The molecule has 44 heavy (non-hydrogen) atoms. The zero-order valence-corrected chi connectivity index (χ0v) is 32.7. The fraction of sp³-hybridized carbons (Fsp3) is 0.200. The Labute approximate surface area is 296 Å². The van der Waals surface area contributed by atoms with Crippen LogP contribution >= 0.6 is 24.8 Å². The predicted octanol–water partition coefficient (Wildman–Crippen LogP) is 12.5. The molecule has 4 heteroatoms. The summed E-state index contributed by atoms with van der Waals surface area (Å²) in [6.07, 6.45) is 0. The van der Waals surface area contributed by atoms with E-state index in [0.717, 1.165) is 0 Å². The van der Waals surface area contributed by atoms with Gasteiger partial charge in [-0.2, -0.15) is 12.1 Å². The minimum absolute atomic E-state index is 0. The molecule has 0 aliphatic carbocycles. The van der Waals surface area contributed by atoms with Gasteiger partial charge in [0.2, 0.25) is 0 Å². The molecular weight excluding hydrogens is 671 g/mol. The molecule has 0 aromatic heterocycles. The van der Waals surface area contributed by atoms with Crippen LogP contribution in [-0.4, -0.2) is 6.88 Å². The molecule has 0 spiro atoms. The Bertz CT molecular complexity index is 1740. The van der Waals surface area contributed by atoms with Gasteiger partial charge in [-0.25, -0.2) is 0 Å². The molecule has 0 aliphatic rings. The van der Waals surface area contributed by atoms with Crippen molar-refractivity contribution in [3.63, 3.8) is 0 Å². The molecule has 0 saturated heterocycles. The quantitative estimate of drug-likeness (QED) is 0.126. The van der Waals surface area contributed by atoms with E-state index >= 15 is 0 Å². The first kappa shape index (κ1) is 41.8. The van der Waals surface area contributed by atoms with Crippen molar-refractivity contribution in [2.45, 2.75) is 54.4 Å². The Morgan fingerprint density at radius 1 is 0.614 bits per heavy atom. The average Bonchev–Trinajstić information content (AvgIpc) is 3.55. The number of halogens is 2. The molecule has 0 N–H and O–H groups in total. The molecule has 0 saturated carbocycles. The molecule has 0 aliphatic heterocycles. The first-order valence-electron chi connectivity index (χ1n) is 14.0. The molecule has 0 atom stereocenters. The molecule has 0 fully saturated rings. The van der Waals surface area contributed by atoms with Gasteiger partial charge in [0.05, 0.1) is 0 Å². The van der Waals surface area contributed by atoms with Crippen LogP contribution in [0.2, 0.25) is 0 Å². The van der Waals surface area contributed by atoms with Crippen molar-refractivity contribution in [2.24, 2.45) is 0 Å². The zero-order chi connectivity index (χ0) is 29.0. The van der Waals surface area contributed by atoms with E-state index in [2.05, 4.69) is 152 Å². The molecule has 0 unspecified atom stereocenters. The van der Waals surface area contributed by atoms with E-state index in [1.54, 1.807) is 0 Å². The summed E-state index contributed by atoms with van der Waals surface area (Å²) in [5, 5.41) is 5.49. The Hall–Kier alpha value is -2.22. The minimum atomic E-state index is 0. The summed E-state index contributed by atoms with van der Waals surface area (Å²) < 4.78 is 0. The van der Waals surface area contributed by atoms with Crippen LogP contribution in [0.3, 0.4) is 0 Å². The van der Waals surface area contributed by atoms with Gasteiger partial charge in [0.15, 0.2) is 0 Å². The van der Waals surface area contributed by atoms with Gasteiger partial charge in [-0.15, -0.1) is 93.4 Å². The Balaban J connectivity index is 0.000000743. The number of benzene rings is 4. The first-order chi connectivity index (χ1) is 19.2. The molecule has 0 nitrogen and oxygen atoms in total. The summed E-state index contributed by atoms with van der Waals surface area (Å²) in [5.74, 6) is 0.575. The van der Waals surface area contributed by atoms with Crippen molar-refractivity contribution >= 4 is 53.2 Å². The Morgan fingerprint density at radius 3 is 1.82 bits per heavy atom. The molecule has 0 amide bonds. The van der Waals surface area contributed by atoms with Gasteiger partial charge in [-0.3, -0.25) is 0 Å². The van der Waals surface area contributed by atoms with Gasteiger partial charge in [0, 0.05) is 0 Å². The standard InChI is InChI=1S/C21H23.C17H15.2CH3.2ClH.Si.Zr/c1-13(2)18-11-17-7-6-8-19(20(17)12-18)21-15(4)9-14(3)10-16(21)5;1-12-10-16-13(2)8-9-15(17(16)11-12)14-6-4-3-5-7-14;;;;;;/h6-13H,1-5H3;3-11H,1-2H3;2*1H3;2*1H;;/q4*-1;;;;. The maximum absolute atomic E-state index is 3.06. The van der Waals surface area contributed by atoms with Crippen molar-refractivity contribution < 1.29 is 23.3 Å². The van der Waals surface area contributed by atoms with E-state index in [4.69, 9.17) is 0 Å². The predicted molar refractivity (Wildman–Crippen MR) is 201 cm³/mol. The van der Waals surface area contributed by atoms with E-state index in [1.807, 2.05) is 0 Å².